The summed E-state index contributed by atoms with van der Waals surface area (Å²) >= 11 is 0. The molecule has 2 aliphatic heterocycles. The largest absolute Gasteiger partial charge is 0.369 e. The average Bonchev–Trinajstić information content (AvgIpc) is 2.94. The van der Waals surface area contributed by atoms with Crippen molar-refractivity contribution in [2.24, 2.45) is 0 Å². The van der Waals surface area contributed by atoms with Gasteiger partial charge in [-0.25, -0.2) is 9.97 Å². The lowest BCUT2D eigenvalue weighted by Gasteiger charge is -2.35. The molecule has 0 atom stereocenters. The molecule has 5 heteroatoms. The van der Waals surface area contributed by atoms with Gasteiger partial charge in [-0.05, 0) is 19.3 Å². The van der Waals surface area contributed by atoms with Crippen LogP contribution in [0, 0.1) is 0 Å². The Kier molecular flexibility index (Phi) is 1.88. The van der Waals surface area contributed by atoms with Gasteiger partial charge in [0.15, 0.2) is 0 Å². The Morgan fingerprint density at radius 3 is 3.06 bits per heavy atom. The van der Waals surface area contributed by atoms with Crippen molar-refractivity contribution in [1.82, 2.24) is 15.3 Å². The van der Waals surface area contributed by atoms with E-state index in [1.807, 2.05) is 0 Å². The highest BCUT2D eigenvalue weighted by Gasteiger charge is 2.46. The lowest BCUT2D eigenvalue weighted by Crippen LogP contribution is -2.53. The summed E-state index contributed by atoms with van der Waals surface area (Å²) in [7, 11) is 0. The van der Waals surface area contributed by atoms with Crippen molar-refractivity contribution in [3.8, 4) is 0 Å². The zero-order chi connectivity index (χ0) is 11.3. The topological polar surface area (TPSA) is 53.1 Å². The van der Waals surface area contributed by atoms with Crippen LogP contribution in [0.1, 0.15) is 18.4 Å². The molecule has 2 N–H and O–H groups in total. The quantitative estimate of drug-likeness (QED) is 0.732. The Balaban J connectivity index is 1.68. The minimum atomic E-state index is 0.405. The first-order valence-electron chi connectivity index (χ1n) is 6.44. The molecule has 1 aromatic heterocycles. The molecule has 1 saturated heterocycles. The first-order valence-corrected chi connectivity index (χ1v) is 6.44. The van der Waals surface area contributed by atoms with Gasteiger partial charge in [-0.2, -0.15) is 0 Å². The molecule has 2 fully saturated rings. The molecule has 0 unspecified atom stereocenters. The van der Waals surface area contributed by atoms with Gasteiger partial charge in [0.1, 0.15) is 18.0 Å². The molecule has 17 heavy (non-hydrogen) atoms. The van der Waals surface area contributed by atoms with Crippen molar-refractivity contribution in [2.45, 2.75) is 24.8 Å². The van der Waals surface area contributed by atoms with Crippen LogP contribution in [-0.4, -0.2) is 41.7 Å². The molecule has 1 saturated carbocycles. The van der Waals surface area contributed by atoms with Crippen LogP contribution in [0.4, 0.5) is 11.6 Å². The van der Waals surface area contributed by atoms with Gasteiger partial charge in [-0.3, -0.25) is 0 Å². The van der Waals surface area contributed by atoms with E-state index in [-0.39, 0.29) is 0 Å². The molecule has 5 nitrogen and oxygen atoms in total. The summed E-state index contributed by atoms with van der Waals surface area (Å²) in [6, 6.07) is 0. The van der Waals surface area contributed by atoms with Crippen LogP contribution < -0.4 is 15.5 Å². The van der Waals surface area contributed by atoms with Crippen LogP contribution in [0.25, 0.3) is 0 Å². The lowest BCUT2D eigenvalue weighted by molar-refractivity contribution is 0.439. The summed E-state index contributed by atoms with van der Waals surface area (Å²) in [6.45, 7) is 4.24. The van der Waals surface area contributed by atoms with E-state index in [2.05, 4.69) is 25.5 Å². The Morgan fingerprint density at radius 1 is 1.24 bits per heavy atom. The number of nitrogens with zero attached hydrogens (tertiary/aromatic N) is 3. The number of fused-ring (bicyclic) bond motifs is 1. The van der Waals surface area contributed by atoms with Crippen molar-refractivity contribution in [1.29, 1.82) is 0 Å². The molecular formula is C12H17N5. The normalized spacial score (nSPS) is 24.6. The monoisotopic (exact) mass is 231 g/mol. The zero-order valence-corrected chi connectivity index (χ0v) is 9.87. The Hall–Kier alpha value is -1.36. The van der Waals surface area contributed by atoms with Crippen LogP contribution >= 0.6 is 0 Å². The van der Waals surface area contributed by atoms with Gasteiger partial charge in [0.2, 0.25) is 0 Å². The van der Waals surface area contributed by atoms with E-state index in [1.165, 1.54) is 18.4 Å². The first kappa shape index (κ1) is 9.65. The van der Waals surface area contributed by atoms with E-state index in [9.17, 15) is 0 Å². The first-order chi connectivity index (χ1) is 8.36. The summed E-state index contributed by atoms with van der Waals surface area (Å²) in [4.78, 5) is 11.3. The summed E-state index contributed by atoms with van der Waals surface area (Å²) in [6.07, 6.45) is 5.38. The Morgan fingerprint density at radius 2 is 2.18 bits per heavy atom. The van der Waals surface area contributed by atoms with Gasteiger partial charge in [-0.1, -0.05) is 0 Å². The predicted molar refractivity (Wildman–Crippen MR) is 66.4 cm³/mol. The maximum absolute atomic E-state index is 4.51. The van der Waals surface area contributed by atoms with Gasteiger partial charge in [-0.15, -0.1) is 0 Å². The highest BCUT2D eigenvalue weighted by molar-refractivity contribution is 5.62. The summed E-state index contributed by atoms with van der Waals surface area (Å²) < 4.78 is 0. The number of nitrogens with one attached hydrogen (secondary N) is 2. The van der Waals surface area contributed by atoms with Crippen LogP contribution in [0.2, 0.25) is 0 Å². The fourth-order valence-corrected chi connectivity index (χ4v) is 2.99. The Bertz CT molecular complexity index is 454. The fourth-order valence-electron chi connectivity index (χ4n) is 2.99. The summed E-state index contributed by atoms with van der Waals surface area (Å²) in [5.74, 6) is 2.20. The zero-order valence-electron chi connectivity index (χ0n) is 9.87. The van der Waals surface area contributed by atoms with Crippen LogP contribution in [-0.2, 0) is 6.42 Å². The maximum atomic E-state index is 4.51. The van der Waals surface area contributed by atoms with Crippen molar-refractivity contribution < 1.29 is 0 Å². The molecule has 3 heterocycles. The van der Waals surface area contributed by atoms with Crippen molar-refractivity contribution in [3.05, 3.63) is 11.9 Å². The highest BCUT2D eigenvalue weighted by Crippen LogP contribution is 2.39. The van der Waals surface area contributed by atoms with E-state index in [0.29, 0.717) is 5.54 Å². The third kappa shape index (κ3) is 1.49. The predicted octanol–water partition coefficient (Wildman–Crippen LogP) is 0.387. The van der Waals surface area contributed by atoms with Gasteiger partial charge in [0.05, 0.1) is 0 Å². The minimum absolute atomic E-state index is 0.405. The van der Waals surface area contributed by atoms with E-state index in [1.54, 1.807) is 6.33 Å². The molecule has 3 aliphatic rings. The van der Waals surface area contributed by atoms with Crippen molar-refractivity contribution in [3.63, 3.8) is 0 Å². The molecular weight excluding hydrogens is 214 g/mol. The molecule has 0 radical (unpaired) electrons. The second-order valence-electron chi connectivity index (χ2n) is 5.33. The van der Waals surface area contributed by atoms with E-state index >= 15 is 0 Å². The number of aromatic nitrogens is 2. The van der Waals surface area contributed by atoms with Gasteiger partial charge in [0, 0.05) is 37.3 Å². The Labute approximate surface area is 101 Å². The van der Waals surface area contributed by atoms with E-state index < -0.39 is 0 Å². The van der Waals surface area contributed by atoms with Crippen LogP contribution in [0.3, 0.4) is 0 Å². The van der Waals surface area contributed by atoms with Crippen molar-refractivity contribution in [2.75, 3.05) is 36.4 Å². The third-order valence-electron chi connectivity index (χ3n) is 4.12. The minimum Gasteiger partial charge on any atom is -0.369 e. The third-order valence-corrected chi connectivity index (χ3v) is 4.12. The van der Waals surface area contributed by atoms with E-state index in [4.69, 9.17) is 0 Å². The molecule has 0 bridgehead atoms. The SMILES string of the molecule is c1nc2c(c(N3CCNC4(CC4)C3)n1)CCN2. The van der Waals surface area contributed by atoms with Crippen LogP contribution in [0.5, 0.6) is 0 Å². The molecule has 4 rings (SSSR count). The highest BCUT2D eigenvalue weighted by atomic mass is 15.3. The second kappa shape index (κ2) is 3.32. The number of hydrogen-bond donors (Lipinski definition) is 2. The van der Waals surface area contributed by atoms with Gasteiger partial charge >= 0.3 is 0 Å². The smallest absolute Gasteiger partial charge is 0.137 e. The molecule has 90 valence electrons. The average molecular weight is 231 g/mol. The number of anilines is 2. The summed E-state index contributed by atoms with van der Waals surface area (Å²) in [5, 5.41) is 6.96. The lowest BCUT2D eigenvalue weighted by atomic mass is 10.1. The fraction of sp³-hybridized carbons (Fsp3) is 0.667. The second-order valence-corrected chi connectivity index (χ2v) is 5.33. The van der Waals surface area contributed by atoms with E-state index in [0.717, 1.165) is 44.2 Å². The standard InChI is InChI=1S/C12H17N5/c1-4-13-10-9(1)11(15-8-14-10)17-6-5-16-12(7-17)2-3-12/h8,16H,1-7H2,(H,13,14,15). The number of rotatable bonds is 1. The maximum Gasteiger partial charge on any atom is 0.137 e. The number of piperazine rings is 1. The molecule has 0 aromatic carbocycles. The number of hydrogen-bond acceptors (Lipinski definition) is 5. The summed E-state index contributed by atoms with van der Waals surface area (Å²) in [5.41, 5.74) is 1.72. The van der Waals surface area contributed by atoms with Gasteiger partial charge in [0.25, 0.3) is 0 Å². The van der Waals surface area contributed by atoms with Crippen LogP contribution in [0.15, 0.2) is 6.33 Å². The molecule has 0 amide bonds. The molecule has 1 aromatic rings. The molecule has 1 spiro atoms. The van der Waals surface area contributed by atoms with Crippen molar-refractivity contribution >= 4 is 11.6 Å². The molecule has 1 aliphatic carbocycles. The van der Waals surface area contributed by atoms with Gasteiger partial charge < -0.3 is 15.5 Å².